The van der Waals surface area contributed by atoms with Crippen molar-refractivity contribution in [3.8, 4) is 0 Å². The van der Waals surface area contributed by atoms with Crippen molar-refractivity contribution in [2.24, 2.45) is 10.8 Å². The van der Waals surface area contributed by atoms with Crippen molar-refractivity contribution in [2.75, 3.05) is 7.05 Å². The van der Waals surface area contributed by atoms with Crippen molar-refractivity contribution in [3.63, 3.8) is 0 Å². The van der Waals surface area contributed by atoms with Gasteiger partial charge in [-0.15, -0.1) is 0 Å². The van der Waals surface area contributed by atoms with Gasteiger partial charge in [0.15, 0.2) is 5.54 Å². The third-order valence-electron chi connectivity index (χ3n) is 1.92. The van der Waals surface area contributed by atoms with Gasteiger partial charge in [0.25, 0.3) is 5.91 Å². The molecule has 82 valence electrons. The number of rotatable bonds is 2. The molecule has 1 atom stereocenters. The molecule has 1 aliphatic rings. The summed E-state index contributed by atoms with van der Waals surface area (Å²) >= 11 is 0. The van der Waals surface area contributed by atoms with E-state index in [1.807, 2.05) is 5.43 Å². The molecule has 0 saturated carbocycles. The Hall–Kier alpha value is -2.12. The highest BCUT2D eigenvalue weighted by molar-refractivity contribution is 6.15. The van der Waals surface area contributed by atoms with Crippen LogP contribution in [-0.2, 0) is 4.79 Å². The smallest absolute Gasteiger partial charge is 0.332 e. The van der Waals surface area contributed by atoms with Crippen LogP contribution in [0.3, 0.4) is 0 Å². The average Bonchev–Trinajstić information content (AvgIpc) is 2.30. The zero-order valence-corrected chi connectivity index (χ0v) is 8.27. The minimum absolute atomic E-state index is 0.456. The highest BCUT2D eigenvalue weighted by atomic mass is 16.2. The van der Waals surface area contributed by atoms with Gasteiger partial charge < -0.3 is 11.1 Å². The van der Waals surface area contributed by atoms with E-state index < -0.39 is 23.5 Å². The van der Waals surface area contributed by atoms with E-state index in [4.69, 9.17) is 5.73 Å². The van der Waals surface area contributed by atoms with Crippen molar-refractivity contribution in [1.82, 2.24) is 15.6 Å². The van der Waals surface area contributed by atoms with Crippen LogP contribution in [-0.4, -0.2) is 41.7 Å². The normalized spacial score (nSPS) is 25.9. The fourth-order valence-electron chi connectivity index (χ4n) is 1.11. The largest absolute Gasteiger partial charge is 0.350 e. The maximum atomic E-state index is 11.5. The van der Waals surface area contributed by atoms with E-state index in [1.54, 1.807) is 0 Å². The van der Waals surface area contributed by atoms with Crippen LogP contribution in [0.4, 0.5) is 9.59 Å². The highest BCUT2D eigenvalue weighted by Crippen LogP contribution is 2.13. The molecule has 0 unspecified atom stereocenters. The maximum Gasteiger partial charge on any atom is 0.332 e. The molecule has 1 aliphatic heterocycles. The van der Waals surface area contributed by atoms with Gasteiger partial charge >= 0.3 is 12.1 Å². The predicted molar refractivity (Wildman–Crippen MR) is 50.9 cm³/mol. The molecule has 0 aliphatic carbocycles. The Balaban J connectivity index is 2.76. The van der Waals surface area contributed by atoms with Crippen molar-refractivity contribution in [2.45, 2.75) is 12.5 Å². The third-order valence-corrected chi connectivity index (χ3v) is 1.92. The summed E-state index contributed by atoms with van der Waals surface area (Å²) in [4.78, 5) is 33.9. The number of nitrogens with two attached hydrogens (primary N) is 1. The first-order chi connectivity index (χ1) is 6.87. The van der Waals surface area contributed by atoms with Crippen LogP contribution < -0.4 is 16.5 Å². The number of urea groups is 2. The van der Waals surface area contributed by atoms with Crippen LogP contribution in [0.25, 0.3) is 0 Å². The summed E-state index contributed by atoms with van der Waals surface area (Å²) < 4.78 is 0. The SMILES string of the molecule is CN1C(=O)N[C@@](C)(/C=N/NC(N)=O)C1=O. The van der Waals surface area contributed by atoms with Gasteiger partial charge in [0.1, 0.15) is 0 Å². The molecule has 0 aromatic heterocycles. The first-order valence-corrected chi connectivity index (χ1v) is 4.07. The number of imide groups is 1. The van der Waals surface area contributed by atoms with Gasteiger partial charge in [-0.1, -0.05) is 0 Å². The van der Waals surface area contributed by atoms with Gasteiger partial charge in [-0.2, -0.15) is 5.10 Å². The molecular weight excluding hydrogens is 202 g/mol. The summed E-state index contributed by atoms with van der Waals surface area (Å²) in [6.45, 7) is 1.46. The zero-order chi connectivity index (χ0) is 11.6. The lowest BCUT2D eigenvalue weighted by Crippen LogP contribution is -2.46. The number of hydrazone groups is 1. The molecule has 4 N–H and O–H groups in total. The molecule has 15 heavy (non-hydrogen) atoms. The zero-order valence-electron chi connectivity index (χ0n) is 8.27. The van der Waals surface area contributed by atoms with Gasteiger partial charge in [-0.3, -0.25) is 9.69 Å². The average molecular weight is 213 g/mol. The van der Waals surface area contributed by atoms with E-state index in [0.717, 1.165) is 11.1 Å². The van der Waals surface area contributed by atoms with E-state index in [1.165, 1.54) is 14.0 Å². The van der Waals surface area contributed by atoms with E-state index in [0.29, 0.717) is 0 Å². The summed E-state index contributed by atoms with van der Waals surface area (Å²) in [6.07, 6.45) is 1.11. The number of hydrogen-bond donors (Lipinski definition) is 3. The van der Waals surface area contributed by atoms with Crippen LogP contribution in [0.5, 0.6) is 0 Å². The first kappa shape index (κ1) is 11.0. The Bertz CT molecular complexity index is 353. The number of carbonyl (C=O) groups excluding carboxylic acids is 3. The van der Waals surface area contributed by atoms with Crippen molar-refractivity contribution in [3.05, 3.63) is 0 Å². The monoisotopic (exact) mass is 213 g/mol. The van der Waals surface area contributed by atoms with Crippen molar-refractivity contribution >= 4 is 24.2 Å². The predicted octanol–water partition coefficient (Wildman–Crippen LogP) is -1.42. The van der Waals surface area contributed by atoms with Gasteiger partial charge in [0.2, 0.25) is 0 Å². The van der Waals surface area contributed by atoms with Crippen LogP contribution in [0.15, 0.2) is 5.10 Å². The molecule has 1 saturated heterocycles. The number of amides is 5. The Kier molecular flexibility index (Phi) is 2.60. The van der Waals surface area contributed by atoms with Crippen molar-refractivity contribution < 1.29 is 14.4 Å². The fourth-order valence-corrected chi connectivity index (χ4v) is 1.11. The molecule has 1 heterocycles. The van der Waals surface area contributed by atoms with E-state index in [2.05, 4.69) is 10.4 Å². The van der Waals surface area contributed by atoms with Gasteiger partial charge in [-0.05, 0) is 6.92 Å². The number of nitrogens with zero attached hydrogens (tertiary/aromatic N) is 2. The van der Waals surface area contributed by atoms with E-state index in [9.17, 15) is 14.4 Å². The number of primary amides is 1. The summed E-state index contributed by atoms with van der Waals surface area (Å²) in [5.41, 5.74) is 5.46. The number of hydrogen-bond acceptors (Lipinski definition) is 4. The second kappa shape index (κ2) is 3.56. The quantitative estimate of drug-likeness (QED) is 0.297. The molecule has 5 amide bonds. The molecule has 8 nitrogen and oxygen atoms in total. The molecule has 1 fully saturated rings. The highest BCUT2D eigenvalue weighted by Gasteiger charge is 2.45. The molecule has 0 aromatic carbocycles. The van der Waals surface area contributed by atoms with Crippen LogP contribution in [0, 0.1) is 0 Å². The fraction of sp³-hybridized carbons (Fsp3) is 0.429. The van der Waals surface area contributed by atoms with Gasteiger partial charge in [0, 0.05) is 7.05 Å². The lowest BCUT2D eigenvalue weighted by Gasteiger charge is -2.14. The molecule has 8 heteroatoms. The lowest BCUT2D eigenvalue weighted by molar-refractivity contribution is -0.127. The van der Waals surface area contributed by atoms with Gasteiger partial charge in [-0.25, -0.2) is 15.0 Å². The third kappa shape index (κ3) is 2.03. The Morgan fingerprint density at radius 1 is 1.67 bits per heavy atom. The summed E-state index contributed by atoms with van der Waals surface area (Å²) in [5, 5.41) is 5.83. The first-order valence-electron chi connectivity index (χ1n) is 4.07. The Labute approximate surface area is 85.5 Å². The Morgan fingerprint density at radius 2 is 2.27 bits per heavy atom. The Morgan fingerprint density at radius 3 is 2.67 bits per heavy atom. The number of nitrogens with one attached hydrogen (secondary N) is 2. The second-order valence-electron chi connectivity index (χ2n) is 3.23. The number of likely N-dealkylation sites (N-methyl/N-ethyl adjacent to an activating group) is 1. The summed E-state index contributed by atoms with van der Waals surface area (Å²) in [6, 6.07) is -1.37. The molecule has 0 bridgehead atoms. The second-order valence-corrected chi connectivity index (χ2v) is 3.23. The minimum Gasteiger partial charge on any atom is -0.350 e. The topological polar surface area (TPSA) is 117 Å². The van der Waals surface area contributed by atoms with Crippen LogP contribution >= 0.6 is 0 Å². The molecule has 0 radical (unpaired) electrons. The molecular formula is C7H11N5O3. The van der Waals surface area contributed by atoms with Crippen LogP contribution in [0.1, 0.15) is 6.92 Å². The van der Waals surface area contributed by atoms with Gasteiger partial charge in [0.05, 0.1) is 6.21 Å². The summed E-state index contributed by atoms with van der Waals surface area (Å²) in [5.74, 6) is -0.456. The summed E-state index contributed by atoms with van der Waals surface area (Å²) in [7, 11) is 1.35. The van der Waals surface area contributed by atoms with E-state index >= 15 is 0 Å². The lowest BCUT2D eigenvalue weighted by atomic mass is 10.1. The minimum atomic E-state index is -1.24. The molecule has 1 rings (SSSR count). The van der Waals surface area contributed by atoms with Crippen molar-refractivity contribution in [1.29, 1.82) is 0 Å². The van der Waals surface area contributed by atoms with E-state index in [-0.39, 0.29) is 0 Å². The standard InChI is InChI=1S/C7H11N5O3/c1-7(3-9-11-5(8)14)4(13)12(2)6(15)10-7/h3H,1-2H3,(H,10,15)(H3,8,11,14)/b9-3+/t7-/m0/s1. The number of carbonyl (C=O) groups is 3. The van der Waals surface area contributed by atoms with Crippen LogP contribution in [0.2, 0.25) is 0 Å². The molecule has 0 aromatic rings. The maximum absolute atomic E-state index is 11.5. The molecule has 0 spiro atoms.